The molecule has 0 amide bonds. The van der Waals surface area contributed by atoms with Gasteiger partial charge >= 0.3 is 6.18 Å². The number of nitrogens with zero attached hydrogens (tertiary/aromatic N) is 1. The van der Waals surface area contributed by atoms with Crippen LogP contribution in [-0.4, -0.2) is 24.4 Å². The summed E-state index contributed by atoms with van der Waals surface area (Å²) in [5, 5.41) is 1.17. The van der Waals surface area contributed by atoms with Crippen molar-refractivity contribution in [3.05, 3.63) is 101 Å². The number of unbranched alkanes of at least 4 members (excludes halogenated alkanes) is 3. The summed E-state index contributed by atoms with van der Waals surface area (Å²) in [5.41, 5.74) is 2.51. The molecule has 9 heteroatoms. The van der Waals surface area contributed by atoms with E-state index in [1.165, 1.54) is 12.8 Å². The maximum Gasteiger partial charge on any atom is 0.422 e. The van der Waals surface area contributed by atoms with Gasteiger partial charge in [0.1, 0.15) is 11.6 Å². The predicted molar refractivity (Wildman–Crippen MR) is 151 cm³/mol. The van der Waals surface area contributed by atoms with E-state index in [9.17, 15) is 22.0 Å². The van der Waals surface area contributed by atoms with Crippen molar-refractivity contribution in [3.63, 3.8) is 0 Å². The largest absolute Gasteiger partial charge is 0.492 e. The number of halogens is 6. The van der Waals surface area contributed by atoms with E-state index in [-0.39, 0.29) is 18.4 Å². The molecule has 0 bridgehead atoms. The molecule has 0 radical (unpaired) electrons. The van der Waals surface area contributed by atoms with Gasteiger partial charge in [0, 0.05) is 11.1 Å². The molecular weight excluding hydrogens is 556 g/mol. The van der Waals surface area contributed by atoms with Crippen LogP contribution in [0.3, 0.4) is 0 Å². The minimum absolute atomic E-state index is 0.0869. The first kappa shape index (κ1) is 31.2. The van der Waals surface area contributed by atoms with E-state index in [1.807, 2.05) is 24.3 Å². The fraction of sp³-hybridized carbons (Fsp3) is 0.364. The molecular formula is C33H33F6NO2. The highest BCUT2D eigenvalue weighted by molar-refractivity contribution is 5.84. The molecule has 1 aromatic heterocycles. The molecule has 0 atom stereocenters. The lowest BCUT2D eigenvalue weighted by molar-refractivity contribution is -0.154. The van der Waals surface area contributed by atoms with E-state index in [4.69, 9.17) is 4.74 Å². The van der Waals surface area contributed by atoms with Gasteiger partial charge in [0.2, 0.25) is 0 Å². The summed E-state index contributed by atoms with van der Waals surface area (Å²) >= 11 is 0. The fourth-order valence-electron chi connectivity index (χ4n) is 4.70. The molecule has 0 aliphatic carbocycles. The van der Waals surface area contributed by atoms with Gasteiger partial charge in [-0.1, -0.05) is 56.5 Å². The van der Waals surface area contributed by atoms with E-state index in [0.717, 1.165) is 60.2 Å². The van der Waals surface area contributed by atoms with Crippen molar-refractivity contribution in [2.45, 2.75) is 64.5 Å². The zero-order valence-corrected chi connectivity index (χ0v) is 23.4. The van der Waals surface area contributed by atoms with Crippen molar-refractivity contribution < 1.29 is 35.8 Å². The first-order chi connectivity index (χ1) is 20.1. The molecule has 0 aliphatic heterocycles. The third-order valence-corrected chi connectivity index (χ3v) is 6.95. The second kappa shape index (κ2) is 14.4. The highest BCUT2D eigenvalue weighted by atomic mass is 19.4. The average molecular weight is 590 g/mol. The number of ether oxygens (including phenoxy) is 2. The molecule has 0 unspecified atom stereocenters. The minimum Gasteiger partial charge on any atom is -0.492 e. The molecule has 0 fully saturated rings. The molecule has 224 valence electrons. The van der Waals surface area contributed by atoms with Crippen LogP contribution in [-0.2, 0) is 25.7 Å². The zero-order valence-electron chi connectivity index (χ0n) is 23.4. The summed E-state index contributed by atoms with van der Waals surface area (Å²) in [6.07, 6.45) is 3.28. The van der Waals surface area contributed by atoms with E-state index in [1.54, 1.807) is 24.4 Å². The predicted octanol–water partition coefficient (Wildman–Crippen LogP) is 9.12. The van der Waals surface area contributed by atoms with Crippen LogP contribution in [0.4, 0.5) is 26.3 Å². The Morgan fingerprint density at radius 2 is 1.50 bits per heavy atom. The van der Waals surface area contributed by atoms with E-state index in [2.05, 4.69) is 16.6 Å². The number of hydrogen-bond acceptors (Lipinski definition) is 3. The van der Waals surface area contributed by atoms with Crippen molar-refractivity contribution in [2.75, 3.05) is 13.2 Å². The second-order valence-corrected chi connectivity index (χ2v) is 10.3. The van der Waals surface area contributed by atoms with Gasteiger partial charge in [0.05, 0.1) is 12.8 Å². The maximum absolute atomic E-state index is 15.3. The summed E-state index contributed by atoms with van der Waals surface area (Å²) in [6.45, 7) is 1.05. The lowest BCUT2D eigenvalue weighted by Gasteiger charge is -2.12. The Hall–Kier alpha value is -3.75. The van der Waals surface area contributed by atoms with Crippen molar-refractivity contribution in [2.24, 2.45) is 0 Å². The quantitative estimate of drug-likeness (QED) is 0.109. The molecule has 4 aromatic rings. The van der Waals surface area contributed by atoms with Gasteiger partial charge in [0.25, 0.3) is 0 Å². The summed E-state index contributed by atoms with van der Waals surface area (Å²) in [7, 11) is 0. The molecule has 1 heterocycles. The third-order valence-electron chi connectivity index (χ3n) is 6.95. The van der Waals surface area contributed by atoms with Gasteiger partial charge < -0.3 is 9.47 Å². The molecule has 3 aromatic carbocycles. The Morgan fingerprint density at radius 1 is 0.738 bits per heavy atom. The smallest absolute Gasteiger partial charge is 0.422 e. The van der Waals surface area contributed by atoms with Crippen LogP contribution in [0.25, 0.3) is 10.8 Å². The van der Waals surface area contributed by atoms with Crippen LogP contribution in [0.2, 0.25) is 0 Å². The van der Waals surface area contributed by atoms with Crippen LogP contribution in [0.5, 0.6) is 11.5 Å². The molecule has 4 rings (SSSR count). The number of rotatable bonds is 14. The molecule has 0 aliphatic rings. The molecule has 0 saturated carbocycles. The van der Waals surface area contributed by atoms with Gasteiger partial charge in [-0.15, -0.1) is 0 Å². The van der Waals surface area contributed by atoms with Crippen LogP contribution in [0.1, 0.15) is 55.0 Å². The topological polar surface area (TPSA) is 31.4 Å². The van der Waals surface area contributed by atoms with Gasteiger partial charge in [-0.2, -0.15) is 13.2 Å². The standard InChI is InChI=1S/C33H33F6NO2/c1-2-3-4-5-16-41-27-14-13-26(40-20-27)12-7-22-8-15-28-25(17-22)11-10-24(31(28)36)9-6-23-18-29(34)32(30(35)19-23)42-21-33(37,38)39/h8,10-11,13-15,17-20H,2-7,9,12,16,21H2,1H3. The van der Waals surface area contributed by atoms with Crippen molar-refractivity contribution >= 4 is 10.8 Å². The monoisotopic (exact) mass is 589 g/mol. The first-order valence-corrected chi connectivity index (χ1v) is 14.1. The second-order valence-electron chi connectivity index (χ2n) is 10.3. The molecule has 0 saturated heterocycles. The zero-order chi connectivity index (χ0) is 30.1. The lowest BCUT2D eigenvalue weighted by Crippen LogP contribution is -2.20. The normalized spacial score (nSPS) is 11.7. The Kier molecular flexibility index (Phi) is 10.7. The van der Waals surface area contributed by atoms with Gasteiger partial charge in [-0.25, -0.2) is 13.2 Å². The van der Waals surface area contributed by atoms with E-state index >= 15 is 4.39 Å². The summed E-state index contributed by atoms with van der Waals surface area (Å²) in [5.74, 6) is -3.22. The molecule has 42 heavy (non-hydrogen) atoms. The number of pyridine rings is 1. The Morgan fingerprint density at radius 3 is 2.19 bits per heavy atom. The number of alkyl halides is 3. The van der Waals surface area contributed by atoms with E-state index in [0.29, 0.717) is 17.6 Å². The van der Waals surface area contributed by atoms with E-state index < -0.39 is 36.0 Å². The van der Waals surface area contributed by atoms with Gasteiger partial charge in [0.15, 0.2) is 24.0 Å². The number of fused-ring (bicyclic) bond motifs is 1. The van der Waals surface area contributed by atoms with Crippen LogP contribution in [0.15, 0.2) is 60.8 Å². The fourth-order valence-corrected chi connectivity index (χ4v) is 4.70. The summed E-state index contributed by atoms with van der Waals surface area (Å²) < 4.78 is 90.6. The number of benzene rings is 3. The van der Waals surface area contributed by atoms with Crippen LogP contribution < -0.4 is 9.47 Å². The average Bonchev–Trinajstić information content (AvgIpc) is 2.95. The number of aryl methyl sites for hydroxylation is 4. The summed E-state index contributed by atoms with van der Waals surface area (Å²) in [6, 6.07) is 14.7. The number of hydrogen-bond donors (Lipinski definition) is 0. The van der Waals surface area contributed by atoms with Crippen molar-refractivity contribution in [1.29, 1.82) is 0 Å². The van der Waals surface area contributed by atoms with Crippen LogP contribution >= 0.6 is 0 Å². The summed E-state index contributed by atoms with van der Waals surface area (Å²) in [4.78, 5) is 4.49. The van der Waals surface area contributed by atoms with Crippen molar-refractivity contribution in [3.8, 4) is 11.5 Å². The maximum atomic E-state index is 15.3. The Bertz CT molecular complexity index is 1450. The Balaban J connectivity index is 1.33. The van der Waals surface area contributed by atoms with Crippen molar-refractivity contribution in [1.82, 2.24) is 4.98 Å². The van der Waals surface area contributed by atoms with Crippen LogP contribution in [0, 0.1) is 17.5 Å². The highest BCUT2D eigenvalue weighted by Gasteiger charge is 2.30. The van der Waals surface area contributed by atoms with Gasteiger partial charge in [-0.05, 0) is 78.4 Å². The Labute approximate surface area is 241 Å². The minimum atomic E-state index is -4.72. The molecule has 0 N–H and O–H groups in total. The first-order valence-electron chi connectivity index (χ1n) is 14.1. The molecule has 0 spiro atoms. The third kappa shape index (κ3) is 8.87. The van der Waals surface area contributed by atoms with Gasteiger partial charge in [-0.3, -0.25) is 4.98 Å². The highest BCUT2D eigenvalue weighted by Crippen LogP contribution is 2.28. The SMILES string of the molecule is CCCCCCOc1ccc(CCc2ccc3c(F)c(CCc4cc(F)c(OCC(F)(F)F)c(F)c4)ccc3c2)nc1. The lowest BCUT2D eigenvalue weighted by atomic mass is 9.97. The molecule has 3 nitrogen and oxygen atoms in total. The number of aromatic nitrogens is 1.